The molecule has 1 aromatic heterocycles. The molecular formula is C30H33N3O3. The van der Waals surface area contributed by atoms with Crippen molar-refractivity contribution in [3.05, 3.63) is 101 Å². The van der Waals surface area contributed by atoms with Gasteiger partial charge in [0.05, 0.1) is 29.2 Å². The van der Waals surface area contributed by atoms with Gasteiger partial charge in [0, 0.05) is 12.5 Å². The summed E-state index contributed by atoms with van der Waals surface area (Å²) in [6.07, 6.45) is 0.713. The van der Waals surface area contributed by atoms with E-state index in [9.17, 15) is 9.59 Å². The number of carbonyl (C=O) groups excluding carboxylic acids is 1. The highest BCUT2D eigenvalue weighted by molar-refractivity contribution is 5.80. The molecular weight excluding hydrogens is 450 g/mol. The zero-order valence-corrected chi connectivity index (χ0v) is 21.3. The van der Waals surface area contributed by atoms with Crippen LogP contribution >= 0.6 is 0 Å². The van der Waals surface area contributed by atoms with E-state index in [1.165, 1.54) is 0 Å². The smallest absolute Gasteiger partial charge is 0.266 e. The normalized spacial score (nSPS) is 12.0. The molecule has 0 aliphatic carbocycles. The predicted molar refractivity (Wildman–Crippen MR) is 144 cm³/mol. The molecule has 1 atom stereocenters. The number of benzene rings is 3. The lowest BCUT2D eigenvalue weighted by atomic mass is 10.1. The SMILES string of the molecule is CCOc1ccc(-n2c(C(C)N(CCc3ccccc3)C(=O)C(C)C)nc3ccccc3c2=O)cc1. The number of aromatic nitrogens is 2. The van der Waals surface area contributed by atoms with E-state index in [1.54, 1.807) is 10.6 Å². The van der Waals surface area contributed by atoms with Gasteiger partial charge in [-0.05, 0) is 62.2 Å². The predicted octanol–water partition coefficient (Wildman–Crippen LogP) is 5.57. The van der Waals surface area contributed by atoms with Gasteiger partial charge in [0.1, 0.15) is 11.6 Å². The fourth-order valence-corrected chi connectivity index (χ4v) is 4.40. The fourth-order valence-electron chi connectivity index (χ4n) is 4.40. The molecule has 36 heavy (non-hydrogen) atoms. The molecule has 0 saturated heterocycles. The Balaban J connectivity index is 1.82. The van der Waals surface area contributed by atoms with Crippen molar-refractivity contribution >= 4 is 16.8 Å². The third-order valence-corrected chi connectivity index (χ3v) is 6.31. The summed E-state index contributed by atoms with van der Waals surface area (Å²) in [5, 5.41) is 0.536. The lowest BCUT2D eigenvalue weighted by molar-refractivity contribution is -0.136. The van der Waals surface area contributed by atoms with Crippen LogP contribution in [0.1, 0.15) is 45.1 Å². The molecule has 3 aromatic carbocycles. The van der Waals surface area contributed by atoms with Gasteiger partial charge in [-0.25, -0.2) is 4.98 Å². The number of nitrogens with zero attached hydrogens (tertiary/aromatic N) is 3. The Kier molecular flexibility index (Phi) is 7.84. The summed E-state index contributed by atoms with van der Waals surface area (Å²) in [5.74, 6) is 1.11. The highest BCUT2D eigenvalue weighted by Crippen LogP contribution is 2.25. The summed E-state index contributed by atoms with van der Waals surface area (Å²) in [4.78, 5) is 33.9. The average molecular weight is 484 g/mol. The Hall–Kier alpha value is -3.93. The Morgan fingerprint density at radius 3 is 2.28 bits per heavy atom. The first-order valence-electron chi connectivity index (χ1n) is 12.5. The maximum Gasteiger partial charge on any atom is 0.266 e. The first kappa shape index (κ1) is 25.2. The van der Waals surface area contributed by atoms with Crippen molar-refractivity contribution in [1.82, 2.24) is 14.5 Å². The van der Waals surface area contributed by atoms with Crippen LogP contribution in [-0.2, 0) is 11.2 Å². The molecule has 0 radical (unpaired) electrons. The second kappa shape index (κ2) is 11.2. The monoisotopic (exact) mass is 483 g/mol. The van der Waals surface area contributed by atoms with E-state index in [0.717, 1.165) is 11.3 Å². The maximum atomic E-state index is 13.8. The standard InChI is InChI=1S/C30H33N3O3/c1-5-36-25-17-15-24(16-18-25)33-28(31-27-14-10-9-13-26(27)30(33)35)22(4)32(29(34)21(2)3)20-19-23-11-7-6-8-12-23/h6-18,21-22H,5,19-20H2,1-4H3. The average Bonchev–Trinajstić information content (AvgIpc) is 2.90. The van der Waals surface area contributed by atoms with Crippen LogP contribution in [0.5, 0.6) is 5.75 Å². The Labute approximate surface area is 212 Å². The second-order valence-corrected chi connectivity index (χ2v) is 9.15. The molecule has 6 nitrogen and oxygen atoms in total. The van der Waals surface area contributed by atoms with Crippen molar-refractivity contribution in [3.63, 3.8) is 0 Å². The van der Waals surface area contributed by atoms with E-state index >= 15 is 0 Å². The molecule has 186 valence electrons. The van der Waals surface area contributed by atoms with Crippen LogP contribution in [0, 0.1) is 5.92 Å². The first-order chi connectivity index (χ1) is 17.4. The van der Waals surface area contributed by atoms with Crippen LogP contribution in [0.2, 0.25) is 0 Å². The molecule has 0 fully saturated rings. The van der Waals surface area contributed by atoms with E-state index in [-0.39, 0.29) is 17.4 Å². The minimum Gasteiger partial charge on any atom is -0.494 e. The third-order valence-electron chi connectivity index (χ3n) is 6.31. The number of ether oxygens (including phenoxy) is 1. The topological polar surface area (TPSA) is 64.4 Å². The number of amides is 1. The van der Waals surface area contributed by atoms with Crippen molar-refractivity contribution < 1.29 is 9.53 Å². The Morgan fingerprint density at radius 2 is 1.61 bits per heavy atom. The van der Waals surface area contributed by atoms with Gasteiger partial charge in [0.2, 0.25) is 5.91 Å². The van der Waals surface area contributed by atoms with E-state index in [1.807, 2.05) is 93.3 Å². The molecule has 1 amide bonds. The highest BCUT2D eigenvalue weighted by Gasteiger charge is 2.28. The lowest BCUT2D eigenvalue weighted by Crippen LogP contribution is -2.40. The first-order valence-corrected chi connectivity index (χ1v) is 12.5. The van der Waals surface area contributed by atoms with E-state index in [0.29, 0.717) is 42.0 Å². The van der Waals surface area contributed by atoms with Crippen molar-refractivity contribution in [1.29, 1.82) is 0 Å². The van der Waals surface area contributed by atoms with Gasteiger partial charge in [-0.2, -0.15) is 0 Å². The summed E-state index contributed by atoms with van der Waals surface area (Å²) < 4.78 is 7.22. The van der Waals surface area contributed by atoms with E-state index in [4.69, 9.17) is 9.72 Å². The van der Waals surface area contributed by atoms with Gasteiger partial charge in [-0.3, -0.25) is 14.2 Å². The van der Waals surface area contributed by atoms with Crippen LogP contribution in [0.25, 0.3) is 16.6 Å². The summed E-state index contributed by atoms with van der Waals surface area (Å²) >= 11 is 0. The summed E-state index contributed by atoms with van der Waals surface area (Å²) in [5.41, 5.74) is 2.29. The van der Waals surface area contributed by atoms with Crippen molar-refractivity contribution in [3.8, 4) is 11.4 Å². The van der Waals surface area contributed by atoms with Gasteiger partial charge in [-0.15, -0.1) is 0 Å². The molecule has 0 bridgehead atoms. The number of rotatable bonds is 9. The number of hydrogen-bond acceptors (Lipinski definition) is 4. The molecule has 0 aliphatic rings. The van der Waals surface area contributed by atoms with E-state index < -0.39 is 6.04 Å². The minimum atomic E-state index is -0.424. The quantitative estimate of drug-likeness (QED) is 0.312. The molecule has 0 aliphatic heterocycles. The van der Waals surface area contributed by atoms with Crippen LogP contribution < -0.4 is 10.3 Å². The zero-order chi connectivity index (χ0) is 25.7. The second-order valence-electron chi connectivity index (χ2n) is 9.15. The highest BCUT2D eigenvalue weighted by atomic mass is 16.5. The molecule has 1 unspecified atom stereocenters. The summed E-state index contributed by atoms with van der Waals surface area (Å²) in [6, 6.07) is 24.4. The number of hydrogen-bond donors (Lipinski definition) is 0. The van der Waals surface area contributed by atoms with Gasteiger partial charge in [0.15, 0.2) is 0 Å². The molecule has 4 aromatic rings. The van der Waals surface area contributed by atoms with Gasteiger partial charge < -0.3 is 9.64 Å². The fraction of sp³-hybridized carbons (Fsp3) is 0.300. The minimum absolute atomic E-state index is 0.0269. The summed E-state index contributed by atoms with van der Waals surface area (Å²) in [6.45, 7) is 8.77. The van der Waals surface area contributed by atoms with Crippen LogP contribution in [0.4, 0.5) is 0 Å². The summed E-state index contributed by atoms with van der Waals surface area (Å²) in [7, 11) is 0. The Morgan fingerprint density at radius 1 is 0.944 bits per heavy atom. The maximum absolute atomic E-state index is 13.8. The lowest BCUT2D eigenvalue weighted by Gasteiger charge is -2.32. The number of carbonyl (C=O) groups is 1. The third kappa shape index (κ3) is 5.33. The number of fused-ring (bicyclic) bond motifs is 1. The molecule has 0 saturated carbocycles. The molecule has 1 heterocycles. The van der Waals surface area contributed by atoms with Crippen LogP contribution in [0.15, 0.2) is 83.7 Å². The Bertz CT molecular complexity index is 1380. The van der Waals surface area contributed by atoms with Crippen molar-refractivity contribution in [2.75, 3.05) is 13.2 Å². The van der Waals surface area contributed by atoms with Crippen molar-refractivity contribution in [2.24, 2.45) is 5.92 Å². The molecule has 4 rings (SSSR count). The largest absolute Gasteiger partial charge is 0.494 e. The van der Waals surface area contributed by atoms with Gasteiger partial charge in [-0.1, -0.05) is 56.3 Å². The molecule has 6 heteroatoms. The molecule has 0 N–H and O–H groups in total. The zero-order valence-electron chi connectivity index (χ0n) is 21.3. The van der Waals surface area contributed by atoms with Crippen LogP contribution in [-0.4, -0.2) is 33.5 Å². The van der Waals surface area contributed by atoms with Gasteiger partial charge in [0.25, 0.3) is 5.56 Å². The van der Waals surface area contributed by atoms with Crippen LogP contribution in [0.3, 0.4) is 0 Å². The molecule has 0 spiro atoms. The number of para-hydroxylation sites is 1. The van der Waals surface area contributed by atoms with E-state index in [2.05, 4.69) is 12.1 Å². The van der Waals surface area contributed by atoms with Gasteiger partial charge >= 0.3 is 0 Å². The van der Waals surface area contributed by atoms with Crippen molar-refractivity contribution in [2.45, 2.75) is 40.2 Å².